The molecule has 2 aromatic heterocycles. The summed E-state index contributed by atoms with van der Waals surface area (Å²) in [6.45, 7) is 8.95. The number of aryl methyl sites for hydroxylation is 2. The maximum absolute atomic E-state index is 12.4. The van der Waals surface area contributed by atoms with Crippen LogP contribution >= 0.6 is 11.6 Å². The predicted octanol–water partition coefficient (Wildman–Crippen LogP) is 1.60. The first kappa shape index (κ1) is 16.7. The number of hydrogen-bond acceptors (Lipinski definition) is 5. The summed E-state index contributed by atoms with van der Waals surface area (Å²) in [6, 6.07) is 0. The molecule has 8 heteroatoms. The number of carbonyl (C=O) groups excluding carboxylic acids is 1. The van der Waals surface area contributed by atoms with Gasteiger partial charge in [0.2, 0.25) is 5.91 Å². The van der Waals surface area contributed by atoms with Crippen LogP contribution in [0.1, 0.15) is 17.0 Å². The zero-order valence-electron chi connectivity index (χ0n) is 14.2. The van der Waals surface area contributed by atoms with E-state index in [0.717, 1.165) is 35.9 Å². The highest BCUT2D eigenvalue weighted by Gasteiger charge is 2.23. The summed E-state index contributed by atoms with van der Waals surface area (Å²) in [7, 11) is 0. The lowest BCUT2D eigenvalue weighted by molar-refractivity contribution is -0.132. The van der Waals surface area contributed by atoms with Crippen LogP contribution in [0.5, 0.6) is 0 Å². The second kappa shape index (κ2) is 6.76. The summed E-state index contributed by atoms with van der Waals surface area (Å²) in [4.78, 5) is 25.1. The van der Waals surface area contributed by atoms with Crippen LogP contribution in [0.4, 0.5) is 5.82 Å². The van der Waals surface area contributed by atoms with Crippen molar-refractivity contribution in [2.45, 2.75) is 27.3 Å². The Morgan fingerprint density at radius 3 is 2.46 bits per heavy atom. The van der Waals surface area contributed by atoms with Crippen molar-refractivity contribution in [3.63, 3.8) is 0 Å². The molecule has 1 fully saturated rings. The molecule has 0 spiro atoms. The van der Waals surface area contributed by atoms with Crippen LogP contribution in [0.3, 0.4) is 0 Å². The molecule has 3 heterocycles. The van der Waals surface area contributed by atoms with E-state index >= 15 is 0 Å². The molecule has 0 aromatic carbocycles. The Morgan fingerprint density at radius 1 is 1.12 bits per heavy atom. The molecular weight excluding hydrogens is 328 g/mol. The smallest absolute Gasteiger partial charge is 0.244 e. The van der Waals surface area contributed by atoms with Crippen LogP contribution in [0.2, 0.25) is 5.02 Å². The Kier molecular flexibility index (Phi) is 4.71. The molecule has 2 aromatic rings. The van der Waals surface area contributed by atoms with Gasteiger partial charge in [0.1, 0.15) is 18.7 Å². The largest absolute Gasteiger partial charge is 0.353 e. The first-order chi connectivity index (χ1) is 11.5. The van der Waals surface area contributed by atoms with E-state index in [1.54, 1.807) is 17.2 Å². The highest BCUT2D eigenvalue weighted by Crippen LogP contribution is 2.20. The topological polar surface area (TPSA) is 67.2 Å². The summed E-state index contributed by atoms with van der Waals surface area (Å²) in [5, 5.41) is 4.82. The first-order valence-corrected chi connectivity index (χ1v) is 8.34. The van der Waals surface area contributed by atoms with Crippen LogP contribution in [-0.4, -0.2) is 56.7 Å². The molecular formula is C16H21ClN6O. The zero-order chi connectivity index (χ0) is 17.3. The highest BCUT2D eigenvalue weighted by molar-refractivity contribution is 6.31. The average Bonchev–Trinajstić information content (AvgIpc) is 2.88. The number of halogens is 1. The summed E-state index contributed by atoms with van der Waals surface area (Å²) in [6.07, 6.45) is 3.29. The number of nitrogens with zero attached hydrogens (tertiary/aromatic N) is 6. The van der Waals surface area contributed by atoms with Gasteiger partial charge in [-0.2, -0.15) is 5.10 Å². The van der Waals surface area contributed by atoms with Crippen LogP contribution in [0.25, 0.3) is 0 Å². The Bertz CT molecular complexity index is 732. The molecule has 0 bridgehead atoms. The van der Waals surface area contributed by atoms with Gasteiger partial charge in [-0.25, -0.2) is 9.97 Å². The third kappa shape index (κ3) is 3.36. The number of aromatic nitrogens is 4. The van der Waals surface area contributed by atoms with Crippen molar-refractivity contribution >= 4 is 23.3 Å². The van der Waals surface area contributed by atoms with E-state index in [9.17, 15) is 4.79 Å². The molecule has 0 aliphatic carbocycles. The van der Waals surface area contributed by atoms with Gasteiger partial charge >= 0.3 is 0 Å². The maximum Gasteiger partial charge on any atom is 0.244 e. The standard InChI is InChI=1S/C16H21ClN6O/c1-11-12(2)18-10-19-16(11)22-6-4-21(5-7-22)15(24)9-23-8-14(17)13(3)20-23/h8,10H,4-7,9H2,1-3H3. The van der Waals surface area contributed by atoms with Crippen molar-refractivity contribution < 1.29 is 4.79 Å². The van der Waals surface area contributed by atoms with Crippen molar-refractivity contribution in [2.75, 3.05) is 31.1 Å². The molecule has 24 heavy (non-hydrogen) atoms. The molecule has 0 radical (unpaired) electrons. The third-order valence-corrected chi connectivity index (χ3v) is 4.80. The van der Waals surface area contributed by atoms with E-state index in [1.165, 1.54) is 0 Å². The maximum atomic E-state index is 12.4. The third-order valence-electron chi connectivity index (χ3n) is 4.43. The van der Waals surface area contributed by atoms with E-state index in [0.29, 0.717) is 18.1 Å². The van der Waals surface area contributed by atoms with Crippen LogP contribution in [0.15, 0.2) is 12.5 Å². The SMILES string of the molecule is Cc1nn(CC(=O)N2CCN(c3ncnc(C)c3C)CC2)cc1Cl. The van der Waals surface area contributed by atoms with E-state index in [1.807, 2.05) is 25.7 Å². The minimum Gasteiger partial charge on any atom is -0.353 e. The molecule has 3 rings (SSSR count). The Morgan fingerprint density at radius 2 is 1.83 bits per heavy atom. The van der Waals surface area contributed by atoms with Gasteiger partial charge in [0.15, 0.2) is 0 Å². The number of amides is 1. The minimum atomic E-state index is 0.0596. The van der Waals surface area contributed by atoms with Gasteiger partial charge in [-0.3, -0.25) is 9.48 Å². The number of rotatable bonds is 3. The van der Waals surface area contributed by atoms with E-state index in [4.69, 9.17) is 11.6 Å². The average molecular weight is 349 g/mol. The lowest BCUT2D eigenvalue weighted by Crippen LogP contribution is -2.50. The Balaban J connectivity index is 1.60. The Hall–Kier alpha value is -2.15. The molecule has 1 aliphatic rings. The second-order valence-corrected chi connectivity index (χ2v) is 6.44. The summed E-state index contributed by atoms with van der Waals surface area (Å²) < 4.78 is 1.60. The minimum absolute atomic E-state index is 0.0596. The van der Waals surface area contributed by atoms with Gasteiger partial charge in [0.25, 0.3) is 0 Å². The van der Waals surface area contributed by atoms with Gasteiger partial charge in [-0.05, 0) is 20.8 Å². The van der Waals surface area contributed by atoms with E-state index < -0.39 is 0 Å². The second-order valence-electron chi connectivity index (χ2n) is 6.04. The van der Waals surface area contributed by atoms with E-state index in [-0.39, 0.29) is 12.5 Å². The summed E-state index contributed by atoms with van der Waals surface area (Å²) in [5.41, 5.74) is 2.83. The highest BCUT2D eigenvalue weighted by atomic mass is 35.5. The zero-order valence-corrected chi connectivity index (χ0v) is 14.9. The van der Waals surface area contributed by atoms with Crippen molar-refractivity contribution in [1.82, 2.24) is 24.6 Å². The molecule has 1 saturated heterocycles. The fourth-order valence-corrected chi connectivity index (χ4v) is 2.98. The molecule has 1 amide bonds. The predicted molar refractivity (Wildman–Crippen MR) is 92.3 cm³/mol. The van der Waals surface area contributed by atoms with E-state index in [2.05, 4.69) is 20.0 Å². The summed E-state index contributed by atoms with van der Waals surface area (Å²) >= 11 is 5.99. The van der Waals surface area contributed by atoms with Crippen LogP contribution in [0, 0.1) is 20.8 Å². The quantitative estimate of drug-likeness (QED) is 0.842. The van der Waals surface area contributed by atoms with Crippen LogP contribution < -0.4 is 4.90 Å². The molecule has 0 unspecified atom stereocenters. The number of carbonyl (C=O) groups is 1. The van der Waals surface area contributed by atoms with Crippen molar-refractivity contribution in [3.05, 3.63) is 34.5 Å². The molecule has 0 saturated carbocycles. The fourth-order valence-electron chi connectivity index (χ4n) is 2.83. The van der Waals surface area contributed by atoms with Gasteiger partial charge < -0.3 is 9.80 Å². The Labute approximate surface area is 146 Å². The molecule has 7 nitrogen and oxygen atoms in total. The van der Waals surface area contributed by atoms with Gasteiger partial charge in [0, 0.05) is 43.6 Å². The normalized spacial score (nSPS) is 15.0. The lowest BCUT2D eigenvalue weighted by atomic mass is 10.2. The number of anilines is 1. The molecule has 0 N–H and O–H groups in total. The molecule has 128 valence electrons. The van der Waals surface area contributed by atoms with Crippen LogP contribution in [-0.2, 0) is 11.3 Å². The molecule has 0 atom stereocenters. The van der Waals surface area contributed by atoms with Gasteiger partial charge in [-0.15, -0.1) is 0 Å². The number of piperazine rings is 1. The first-order valence-electron chi connectivity index (χ1n) is 7.96. The molecule has 1 aliphatic heterocycles. The summed E-state index contributed by atoms with van der Waals surface area (Å²) in [5.74, 6) is 1.02. The fraction of sp³-hybridized carbons (Fsp3) is 0.500. The van der Waals surface area contributed by atoms with Crippen molar-refractivity contribution in [1.29, 1.82) is 0 Å². The van der Waals surface area contributed by atoms with Gasteiger partial charge in [-0.1, -0.05) is 11.6 Å². The number of hydrogen-bond donors (Lipinski definition) is 0. The lowest BCUT2D eigenvalue weighted by Gasteiger charge is -2.36. The van der Waals surface area contributed by atoms with Crippen molar-refractivity contribution in [3.8, 4) is 0 Å². The monoisotopic (exact) mass is 348 g/mol. The van der Waals surface area contributed by atoms with Crippen molar-refractivity contribution in [2.24, 2.45) is 0 Å². The van der Waals surface area contributed by atoms with Gasteiger partial charge in [0.05, 0.1) is 10.7 Å².